The van der Waals surface area contributed by atoms with Gasteiger partial charge in [0.05, 0.1) is 17.9 Å². The molecule has 0 atom stereocenters. The Bertz CT molecular complexity index is 697. The predicted molar refractivity (Wildman–Crippen MR) is 82.1 cm³/mol. The standard InChI is InChI=1S/C14H15N3O6S/c1-2-21-14(20)15-10(18)8-22-12(19)6-5-11-16-13(17-23-11)9-4-3-7-24-9/h3-4,7H,2,5-6,8H2,1H3,(H,15,18,20). The van der Waals surface area contributed by atoms with Gasteiger partial charge in [0.1, 0.15) is 0 Å². The number of rotatable bonds is 7. The topological polar surface area (TPSA) is 121 Å². The minimum atomic E-state index is -0.884. The van der Waals surface area contributed by atoms with Crippen LogP contribution in [0.5, 0.6) is 0 Å². The van der Waals surface area contributed by atoms with Gasteiger partial charge in [-0.1, -0.05) is 11.2 Å². The molecule has 0 fully saturated rings. The van der Waals surface area contributed by atoms with Crippen LogP contribution >= 0.6 is 11.3 Å². The van der Waals surface area contributed by atoms with Crippen molar-refractivity contribution in [3.8, 4) is 10.7 Å². The number of carbonyl (C=O) groups is 3. The molecule has 0 unspecified atom stereocenters. The van der Waals surface area contributed by atoms with E-state index in [0.29, 0.717) is 11.7 Å². The fourth-order valence-corrected chi connectivity index (χ4v) is 2.26. The number of aromatic nitrogens is 2. The van der Waals surface area contributed by atoms with Crippen LogP contribution in [-0.2, 0) is 25.5 Å². The molecule has 128 valence electrons. The van der Waals surface area contributed by atoms with Gasteiger partial charge < -0.3 is 14.0 Å². The molecule has 10 heteroatoms. The zero-order valence-electron chi connectivity index (χ0n) is 12.8. The third-order valence-corrected chi connectivity index (χ3v) is 3.50. The van der Waals surface area contributed by atoms with Crippen molar-refractivity contribution in [3.05, 3.63) is 23.4 Å². The first-order chi connectivity index (χ1) is 11.6. The highest BCUT2D eigenvalue weighted by Gasteiger charge is 2.14. The molecule has 2 aromatic rings. The smallest absolute Gasteiger partial charge is 0.413 e. The number of nitrogens with one attached hydrogen (secondary N) is 1. The number of amides is 2. The Balaban J connectivity index is 1.70. The van der Waals surface area contributed by atoms with Crippen LogP contribution in [0.4, 0.5) is 4.79 Å². The molecule has 2 amide bonds. The van der Waals surface area contributed by atoms with Gasteiger partial charge >= 0.3 is 12.1 Å². The van der Waals surface area contributed by atoms with Gasteiger partial charge in [-0.05, 0) is 18.4 Å². The molecule has 24 heavy (non-hydrogen) atoms. The second-order valence-electron chi connectivity index (χ2n) is 4.42. The highest BCUT2D eigenvalue weighted by Crippen LogP contribution is 2.21. The maximum Gasteiger partial charge on any atom is 0.413 e. The normalized spacial score (nSPS) is 10.2. The zero-order chi connectivity index (χ0) is 17.4. The third-order valence-electron chi connectivity index (χ3n) is 2.63. The number of aryl methyl sites for hydroxylation is 1. The Morgan fingerprint density at radius 1 is 1.33 bits per heavy atom. The van der Waals surface area contributed by atoms with Gasteiger partial charge in [-0.25, -0.2) is 4.79 Å². The molecule has 2 rings (SSSR count). The summed E-state index contributed by atoms with van der Waals surface area (Å²) in [6.45, 7) is 1.17. The fourth-order valence-electron chi connectivity index (χ4n) is 1.61. The summed E-state index contributed by atoms with van der Waals surface area (Å²) in [6.07, 6.45) is -0.722. The minimum Gasteiger partial charge on any atom is -0.456 e. The second-order valence-corrected chi connectivity index (χ2v) is 5.37. The lowest BCUT2D eigenvalue weighted by Gasteiger charge is -2.05. The highest BCUT2D eigenvalue weighted by molar-refractivity contribution is 7.13. The van der Waals surface area contributed by atoms with Crippen molar-refractivity contribution in [3.63, 3.8) is 0 Å². The average Bonchev–Trinajstić information content (AvgIpc) is 3.22. The average molecular weight is 353 g/mol. The van der Waals surface area contributed by atoms with Crippen LogP contribution in [0.1, 0.15) is 19.2 Å². The maximum absolute atomic E-state index is 11.6. The maximum atomic E-state index is 11.6. The number of thiophene rings is 1. The summed E-state index contributed by atoms with van der Waals surface area (Å²) < 4.78 is 14.3. The van der Waals surface area contributed by atoms with Crippen molar-refractivity contribution >= 4 is 29.3 Å². The van der Waals surface area contributed by atoms with Gasteiger partial charge in [0, 0.05) is 6.42 Å². The molecule has 0 aliphatic carbocycles. The van der Waals surface area contributed by atoms with Crippen LogP contribution in [0.15, 0.2) is 22.0 Å². The molecule has 2 aromatic heterocycles. The first-order valence-corrected chi connectivity index (χ1v) is 7.95. The highest BCUT2D eigenvalue weighted by atomic mass is 32.1. The summed E-state index contributed by atoms with van der Waals surface area (Å²) in [7, 11) is 0. The van der Waals surface area contributed by atoms with Gasteiger partial charge in [0.25, 0.3) is 5.91 Å². The van der Waals surface area contributed by atoms with E-state index in [9.17, 15) is 14.4 Å². The van der Waals surface area contributed by atoms with Crippen LogP contribution in [0, 0.1) is 0 Å². The van der Waals surface area contributed by atoms with Crippen molar-refractivity contribution in [2.75, 3.05) is 13.2 Å². The SMILES string of the molecule is CCOC(=O)NC(=O)COC(=O)CCc1nc(-c2cccs2)no1. The van der Waals surface area contributed by atoms with Crippen molar-refractivity contribution in [1.82, 2.24) is 15.5 Å². The number of nitrogens with zero attached hydrogens (tertiary/aromatic N) is 2. The molecule has 0 saturated heterocycles. The number of alkyl carbamates (subject to hydrolysis) is 1. The fraction of sp³-hybridized carbons (Fsp3) is 0.357. The van der Waals surface area contributed by atoms with Gasteiger partial charge in [-0.15, -0.1) is 11.3 Å². The summed E-state index contributed by atoms with van der Waals surface area (Å²) in [5, 5.41) is 7.62. The summed E-state index contributed by atoms with van der Waals surface area (Å²) in [5.74, 6) is -0.627. The van der Waals surface area contributed by atoms with Gasteiger partial charge in [-0.3, -0.25) is 14.9 Å². The van der Waals surface area contributed by atoms with E-state index in [4.69, 9.17) is 9.26 Å². The van der Waals surface area contributed by atoms with Gasteiger partial charge in [0.15, 0.2) is 6.61 Å². The number of esters is 1. The number of hydrogen-bond acceptors (Lipinski definition) is 9. The van der Waals surface area contributed by atoms with E-state index in [-0.39, 0.29) is 19.4 Å². The third kappa shape index (κ3) is 5.47. The minimum absolute atomic E-state index is 0.0290. The van der Waals surface area contributed by atoms with Crippen LogP contribution in [-0.4, -0.2) is 41.3 Å². The van der Waals surface area contributed by atoms with Crippen molar-refractivity contribution in [2.45, 2.75) is 19.8 Å². The lowest BCUT2D eigenvalue weighted by atomic mass is 10.3. The molecule has 0 aliphatic heterocycles. The molecule has 0 bridgehead atoms. The number of carbonyl (C=O) groups excluding carboxylic acids is 3. The Morgan fingerprint density at radius 3 is 2.88 bits per heavy atom. The Hall–Kier alpha value is -2.75. The summed E-state index contributed by atoms with van der Waals surface area (Å²) >= 11 is 1.47. The number of hydrogen-bond donors (Lipinski definition) is 1. The number of imide groups is 1. The molecule has 0 aromatic carbocycles. The van der Waals surface area contributed by atoms with Crippen molar-refractivity contribution < 1.29 is 28.4 Å². The molecular formula is C14H15N3O6S. The molecule has 2 heterocycles. The largest absolute Gasteiger partial charge is 0.456 e. The first kappa shape index (κ1) is 17.6. The Morgan fingerprint density at radius 2 is 2.17 bits per heavy atom. The van der Waals surface area contributed by atoms with Crippen LogP contribution < -0.4 is 5.32 Å². The Labute approximate surface area is 140 Å². The lowest BCUT2D eigenvalue weighted by molar-refractivity contribution is -0.148. The van der Waals surface area contributed by atoms with Crippen LogP contribution in [0.3, 0.4) is 0 Å². The van der Waals surface area contributed by atoms with Crippen molar-refractivity contribution in [1.29, 1.82) is 0 Å². The summed E-state index contributed by atoms with van der Waals surface area (Å²) in [4.78, 5) is 38.9. The number of ether oxygens (including phenoxy) is 2. The van der Waals surface area contributed by atoms with Gasteiger partial charge in [0.2, 0.25) is 11.7 Å². The lowest BCUT2D eigenvalue weighted by Crippen LogP contribution is -2.34. The van der Waals surface area contributed by atoms with E-state index in [2.05, 4.69) is 14.9 Å². The van der Waals surface area contributed by atoms with Crippen molar-refractivity contribution in [2.24, 2.45) is 0 Å². The molecule has 0 radical (unpaired) electrons. The van der Waals surface area contributed by atoms with Gasteiger partial charge in [-0.2, -0.15) is 4.98 Å². The first-order valence-electron chi connectivity index (χ1n) is 7.07. The van der Waals surface area contributed by atoms with E-state index in [1.807, 2.05) is 22.8 Å². The van der Waals surface area contributed by atoms with E-state index >= 15 is 0 Å². The van der Waals surface area contributed by atoms with E-state index < -0.39 is 24.6 Å². The summed E-state index contributed by atoms with van der Waals surface area (Å²) in [5.41, 5.74) is 0. The van der Waals surface area contributed by atoms with E-state index in [1.165, 1.54) is 11.3 Å². The quantitative estimate of drug-likeness (QED) is 0.744. The van der Waals surface area contributed by atoms with E-state index in [1.54, 1.807) is 6.92 Å². The molecule has 0 spiro atoms. The molecule has 0 aliphatic rings. The van der Waals surface area contributed by atoms with Crippen LogP contribution in [0.25, 0.3) is 10.7 Å². The second kappa shape index (κ2) is 8.77. The van der Waals surface area contributed by atoms with E-state index in [0.717, 1.165) is 4.88 Å². The molecule has 9 nitrogen and oxygen atoms in total. The molecule has 1 N–H and O–H groups in total. The summed E-state index contributed by atoms with van der Waals surface area (Å²) in [6, 6.07) is 3.73. The Kier molecular flexibility index (Phi) is 6.43. The predicted octanol–water partition coefficient (Wildman–Crippen LogP) is 1.55. The molecular weight excluding hydrogens is 338 g/mol. The monoisotopic (exact) mass is 353 g/mol. The molecule has 0 saturated carbocycles. The van der Waals surface area contributed by atoms with Crippen LogP contribution in [0.2, 0.25) is 0 Å². The zero-order valence-corrected chi connectivity index (χ0v) is 13.6.